The standard InChI is InChI=1S/C14H19NO3/c15-8-7-14(16)11-3-5-12(6-4-11)18-13-2-1-9-17-10-13/h3-6,13H,1-2,7-10,15H2. The number of hydrogen-bond donors (Lipinski definition) is 1. The van der Waals surface area contributed by atoms with Crippen molar-refractivity contribution in [3.8, 4) is 5.75 Å². The summed E-state index contributed by atoms with van der Waals surface area (Å²) in [5.41, 5.74) is 6.05. The van der Waals surface area contributed by atoms with Gasteiger partial charge in [-0.25, -0.2) is 0 Å². The van der Waals surface area contributed by atoms with Crippen molar-refractivity contribution < 1.29 is 14.3 Å². The molecule has 1 aromatic rings. The van der Waals surface area contributed by atoms with E-state index < -0.39 is 0 Å². The van der Waals surface area contributed by atoms with Crippen LogP contribution in [0.3, 0.4) is 0 Å². The third-order valence-electron chi connectivity index (χ3n) is 2.97. The van der Waals surface area contributed by atoms with Crippen LogP contribution >= 0.6 is 0 Å². The highest BCUT2D eigenvalue weighted by molar-refractivity contribution is 5.96. The second-order valence-electron chi connectivity index (χ2n) is 4.44. The van der Waals surface area contributed by atoms with Crippen molar-refractivity contribution in [3.63, 3.8) is 0 Å². The van der Waals surface area contributed by atoms with Crippen LogP contribution in [0.1, 0.15) is 29.6 Å². The van der Waals surface area contributed by atoms with Gasteiger partial charge in [0.2, 0.25) is 0 Å². The Morgan fingerprint density at radius 1 is 1.39 bits per heavy atom. The molecule has 0 aromatic heterocycles. The zero-order chi connectivity index (χ0) is 12.8. The molecule has 2 N–H and O–H groups in total. The first-order chi connectivity index (χ1) is 8.79. The molecule has 1 aromatic carbocycles. The van der Waals surface area contributed by atoms with Crippen LogP contribution in [0.4, 0.5) is 0 Å². The van der Waals surface area contributed by atoms with E-state index in [2.05, 4.69) is 0 Å². The van der Waals surface area contributed by atoms with Crippen molar-refractivity contribution in [1.82, 2.24) is 0 Å². The zero-order valence-corrected chi connectivity index (χ0v) is 10.4. The fourth-order valence-electron chi connectivity index (χ4n) is 1.99. The number of carbonyl (C=O) groups excluding carboxylic acids is 1. The van der Waals surface area contributed by atoms with Gasteiger partial charge in [-0.05, 0) is 43.7 Å². The maximum absolute atomic E-state index is 11.6. The van der Waals surface area contributed by atoms with Crippen LogP contribution in [0.15, 0.2) is 24.3 Å². The maximum Gasteiger partial charge on any atom is 0.164 e. The highest BCUT2D eigenvalue weighted by atomic mass is 16.5. The van der Waals surface area contributed by atoms with E-state index in [1.807, 2.05) is 12.1 Å². The average molecular weight is 249 g/mol. The first-order valence-corrected chi connectivity index (χ1v) is 6.37. The highest BCUT2D eigenvalue weighted by Gasteiger charge is 2.15. The molecule has 4 heteroatoms. The monoisotopic (exact) mass is 249 g/mol. The van der Waals surface area contributed by atoms with Crippen LogP contribution in [0, 0.1) is 0 Å². The molecule has 18 heavy (non-hydrogen) atoms. The van der Waals surface area contributed by atoms with Gasteiger partial charge in [0.05, 0.1) is 6.61 Å². The molecule has 1 atom stereocenters. The number of hydrogen-bond acceptors (Lipinski definition) is 4. The minimum atomic E-state index is 0.0741. The summed E-state index contributed by atoms with van der Waals surface area (Å²) in [5.74, 6) is 0.861. The summed E-state index contributed by atoms with van der Waals surface area (Å²) in [5, 5.41) is 0. The van der Waals surface area contributed by atoms with Crippen molar-refractivity contribution in [1.29, 1.82) is 0 Å². The number of benzene rings is 1. The summed E-state index contributed by atoms with van der Waals surface area (Å²) in [6, 6.07) is 7.24. The van der Waals surface area contributed by atoms with E-state index in [1.165, 1.54) is 0 Å². The predicted molar refractivity (Wildman–Crippen MR) is 68.9 cm³/mol. The van der Waals surface area contributed by atoms with E-state index in [4.69, 9.17) is 15.2 Å². The Hall–Kier alpha value is -1.39. The second-order valence-corrected chi connectivity index (χ2v) is 4.44. The lowest BCUT2D eigenvalue weighted by atomic mass is 10.1. The van der Waals surface area contributed by atoms with Gasteiger partial charge in [-0.3, -0.25) is 4.79 Å². The summed E-state index contributed by atoms with van der Waals surface area (Å²) in [7, 11) is 0. The topological polar surface area (TPSA) is 61.6 Å². The Bertz CT molecular complexity index is 383. The summed E-state index contributed by atoms with van der Waals surface area (Å²) < 4.78 is 11.1. The molecule has 0 bridgehead atoms. The summed E-state index contributed by atoms with van der Waals surface area (Å²) in [6.45, 7) is 1.86. The normalized spacial score (nSPS) is 19.5. The van der Waals surface area contributed by atoms with Gasteiger partial charge >= 0.3 is 0 Å². The molecular weight excluding hydrogens is 230 g/mol. The molecule has 0 spiro atoms. The Morgan fingerprint density at radius 3 is 2.78 bits per heavy atom. The highest BCUT2D eigenvalue weighted by Crippen LogP contribution is 2.18. The lowest BCUT2D eigenvalue weighted by Crippen LogP contribution is -2.27. The molecule has 1 aliphatic rings. The number of ether oxygens (including phenoxy) is 2. The SMILES string of the molecule is NCCC(=O)c1ccc(OC2CCCOC2)cc1. The summed E-state index contributed by atoms with van der Waals surface area (Å²) in [4.78, 5) is 11.6. The van der Waals surface area contributed by atoms with E-state index >= 15 is 0 Å². The van der Waals surface area contributed by atoms with Gasteiger partial charge in [-0.2, -0.15) is 0 Å². The third-order valence-corrected chi connectivity index (χ3v) is 2.97. The van der Waals surface area contributed by atoms with Gasteiger partial charge in [0, 0.05) is 18.6 Å². The molecule has 2 rings (SSSR count). The third kappa shape index (κ3) is 3.55. The molecule has 1 unspecified atom stereocenters. The van der Waals surface area contributed by atoms with Crippen LogP contribution in [0.5, 0.6) is 5.75 Å². The quantitative estimate of drug-likeness (QED) is 0.808. The molecular formula is C14H19NO3. The molecule has 1 fully saturated rings. The molecule has 0 radical (unpaired) electrons. The summed E-state index contributed by atoms with van der Waals surface area (Å²) in [6.07, 6.45) is 2.58. The van der Waals surface area contributed by atoms with E-state index in [-0.39, 0.29) is 11.9 Å². The number of carbonyl (C=O) groups is 1. The Kier molecular flexibility index (Phi) is 4.73. The molecule has 1 aliphatic heterocycles. The van der Waals surface area contributed by atoms with Gasteiger partial charge in [-0.15, -0.1) is 0 Å². The largest absolute Gasteiger partial charge is 0.488 e. The van der Waals surface area contributed by atoms with E-state index in [0.717, 1.165) is 25.2 Å². The minimum absolute atomic E-state index is 0.0741. The fraction of sp³-hybridized carbons (Fsp3) is 0.500. The second kappa shape index (κ2) is 6.52. The fourth-order valence-corrected chi connectivity index (χ4v) is 1.99. The minimum Gasteiger partial charge on any atom is -0.488 e. The van der Waals surface area contributed by atoms with Gasteiger partial charge < -0.3 is 15.2 Å². The lowest BCUT2D eigenvalue weighted by Gasteiger charge is -2.23. The van der Waals surface area contributed by atoms with E-state index in [0.29, 0.717) is 25.1 Å². The van der Waals surface area contributed by atoms with Gasteiger partial charge in [-0.1, -0.05) is 0 Å². The smallest absolute Gasteiger partial charge is 0.164 e. The molecule has 98 valence electrons. The maximum atomic E-state index is 11.6. The number of rotatable bonds is 5. The number of ketones is 1. The van der Waals surface area contributed by atoms with E-state index in [1.54, 1.807) is 12.1 Å². The van der Waals surface area contributed by atoms with Crippen molar-refractivity contribution >= 4 is 5.78 Å². The van der Waals surface area contributed by atoms with Gasteiger partial charge in [0.25, 0.3) is 0 Å². The Morgan fingerprint density at radius 2 is 2.17 bits per heavy atom. The van der Waals surface area contributed by atoms with Crippen LogP contribution in [-0.2, 0) is 4.74 Å². The van der Waals surface area contributed by atoms with Gasteiger partial charge in [0.15, 0.2) is 5.78 Å². The molecule has 0 aliphatic carbocycles. The van der Waals surface area contributed by atoms with Crippen LogP contribution in [0.25, 0.3) is 0 Å². The van der Waals surface area contributed by atoms with Crippen molar-refractivity contribution in [2.24, 2.45) is 5.73 Å². The van der Waals surface area contributed by atoms with Crippen LogP contribution < -0.4 is 10.5 Å². The Balaban J connectivity index is 1.92. The van der Waals surface area contributed by atoms with Crippen molar-refractivity contribution in [2.45, 2.75) is 25.4 Å². The average Bonchev–Trinajstić information content (AvgIpc) is 2.41. The number of nitrogens with two attached hydrogens (primary N) is 1. The Labute approximate surface area is 107 Å². The molecule has 0 amide bonds. The molecule has 0 saturated carbocycles. The molecule has 1 heterocycles. The molecule has 1 saturated heterocycles. The number of Topliss-reactive ketones (excluding diaryl/α,β-unsaturated/α-hetero) is 1. The first-order valence-electron chi connectivity index (χ1n) is 6.37. The lowest BCUT2D eigenvalue weighted by molar-refractivity contribution is 0.00743. The van der Waals surface area contributed by atoms with Crippen molar-refractivity contribution in [2.75, 3.05) is 19.8 Å². The van der Waals surface area contributed by atoms with Gasteiger partial charge in [0.1, 0.15) is 11.9 Å². The molecule has 4 nitrogen and oxygen atoms in total. The van der Waals surface area contributed by atoms with Crippen LogP contribution in [-0.4, -0.2) is 31.6 Å². The predicted octanol–water partition coefficient (Wildman–Crippen LogP) is 1.78. The van der Waals surface area contributed by atoms with Crippen LogP contribution in [0.2, 0.25) is 0 Å². The van der Waals surface area contributed by atoms with Crippen molar-refractivity contribution in [3.05, 3.63) is 29.8 Å². The first kappa shape index (κ1) is 13.1. The summed E-state index contributed by atoms with van der Waals surface area (Å²) >= 11 is 0. The zero-order valence-electron chi connectivity index (χ0n) is 10.4. The van der Waals surface area contributed by atoms with E-state index in [9.17, 15) is 4.79 Å².